The highest BCUT2D eigenvalue weighted by Gasteiger charge is 2.41. The predicted molar refractivity (Wildman–Crippen MR) is 70.9 cm³/mol. The molecule has 1 aromatic carbocycles. The third-order valence-corrected chi connectivity index (χ3v) is 3.52. The van der Waals surface area contributed by atoms with Crippen molar-refractivity contribution in [3.63, 3.8) is 0 Å². The first-order valence-electron chi connectivity index (χ1n) is 6.03. The molecule has 96 valence electrons. The number of benzene rings is 1. The van der Waals surface area contributed by atoms with Gasteiger partial charge < -0.3 is 10.1 Å². The molecule has 1 aliphatic rings. The van der Waals surface area contributed by atoms with Crippen molar-refractivity contribution >= 4 is 11.7 Å². The number of amides is 1. The molecule has 0 bridgehead atoms. The first kappa shape index (κ1) is 12.6. The lowest BCUT2D eigenvalue weighted by Gasteiger charge is -2.21. The van der Waals surface area contributed by atoms with Crippen molar-refractivity contribution in [1.82, 2.24) is 5.32 Å². The highest BCUT2D eigenvalue weighted by molar-refractivity contribution is 6.15. The second kappa shape index (κ2) is 4.44. The normalized spacial score (nSPS) is 22.9. The van der Waals surface area contributed by atoms with Gasteiger partial charge in [-0.05, 0) is 37.1 Å². The monoisotopic (exact) mass is 246 g/mol. The van der Waals surface area contributed by atoms with Gasteiger partial charge in [0.15, 0.2) is 0 Å². The van der Waals surface area contributed by atoms with Crippen molar-refractivity contribution in [3.8, 4) is 5.75 Å². The number of hydrogen-bond acceptors (Lipinski definition) is 3. The smallest absolute Gasteiger partial charge is 0.253 e. The van der Waals surface area contributed by atoms with Gasteiger partial charge in [-0.25, -0.2) is 0 Å². The summed E-state index contributed by atoms with van der Waals surface area (Å²) in [5, 5.41) is 2.85. The maximum atomic E-state index is 12.0. The topological polar surface area (TPSA) is 50.7 Å². The average Bonchev–Trinajstić information content (AvgIpc) is 2.67. The number of carbonyl (C=O) groups excluding carboxylic acids is 1. The SMILES string of the molecule is COc1ccc(C2=NC(C)(C(C)C)C(=O)N2)cc1. The van der Waals surface area contributed by atoms with Crippen molar-refractivity contribution in [2.24, 2.45) is 10.9 Å². The molecule has 0 aliphatic carbocycles. The molecule has 0 saturated heterocycles. The van der Waals surface area contributed by atoms with E-state index in [-0.39, 0.29) is 11.8 Å². The summed E-state index contributed by atoms with van der Waals surface area (Å²) in [5.74, 6) is 1.55. The summed E-state index contributed by atoms with van der Waals surface area (Å²) in [5.41, 5.74) is 0.225. The predicted octanol–water partition coefficient (Wildman–Crippen LogP) is 1.99. The van der Waals surface area contributed by atoms with Gasteiger partial charge in [0.05, 0.1) is 7.11 Å². The summed E-state index contributed by atoms with van der Waals surface area (Å²) in [4.78, 5) is 16.5. The van der Waals surface area contributed by atoms with Crippen LogP contribution in [0.2, 0.25) is 0 Å². The molecular weight excluding hydrogens is 228 g/mol. The first-order valence-corrected chi connectivity index (χ1v) is 6.03. The molecule has 0 radical (unpaired) electrons. The third kappa shape index (κ3) is 1.98. The van der Waals surface area contributed by atoms with Crippen LogP contribution in [0.1, 0.15) is 26.3 Å². The number of methoxy groups -OCH3 is 1. The Labute approximate surface area is 107 Å². The lowest BCUT2D eigenvalue weighted by molar-refractivity contribution is -0.124. The minimum absolute atomic E-state index is 0.0386. The molecule has 1 atom stereocenters. The van der Waals surface area contributed by atoms with Gasteiger partial charge in [0, 0.05) is 5.56 Å². The molecule has 1 amide bonds. The van der Waals surface area contributed by atoms with Crippen molar-refractivity contribution in [2.75, 3.05) is 7.11 Å². The Morgan fingerprint density at radius 1 is 1.28 bits per heavy atom. The maximum Gasteiger partial charge on any atom is 0.253 e. The largest absolute Gasteiger partial charge is 0.497 e. The molecule has 0 saturated carbocycles. The summed E-state index contributed by atoms with van der Waals surface area (Å²) >= 11 is 0. The third-order valence-electron chi connectivity index (χ3n) is 3.52. The Hall–Kier alpha value is -1.84. The van der Waals surface area contributed by atoms with E-state index >= 15 is 0 Å². The fourth-order valence-corrected chi connectivity index (χ4v) is 1.82. The first-order chi connectivity index (χ1) is 8.47. The van der Waals surface area contributed by atoms with Crippen LogP contribution in [-0.4, -0.2) is 24.4 Å². The van der Waals surface area contributed by atoms with Crippen LogP contribution < -0.4 is 10.1 Å². The second-order valence-corrected chi connectivity index (χ2v) is 4.95. The van der Waals surface area contributed by atoms with Gasteiger partial charge in [-0.1, -0.05) is 13.8 Å². The van der Waals surface area contributed by atoms with Crippen LogP contribution in [-0.2, 0) is 4.79 Å². The number of hydrogen-bond donors (Lipinski definition) is 1. The molecule has 0 aromatic heterocycles. The van der Waals surface area contributed by atoms with Gasteiger partial charge in [0.1, 0.15) is 17.1 Å². The summed E-state index contributed by atoms with van der Waals surface area (Å²) in [6.07, 6.45) is 0. The molecule has 0 spiro atoms. The van der Waals surface area contributed by atoms with Crippen LogP contribution in [0.5, 0.6) is 5.75 Å². The van der Waals surface area contributed by atoms with Crippen LogP contribution in [0.4, 0.5) is 0 Å². The van der Waals surface area contributed by atoms with Gasteiger partial charge in [0.25, 0.3) is 5.91 Å². The highest BCUT2D eigenvalue weighted by atomic mass is 16.5. The van der Waals surface area contributed by atoms with Crippen molar-refractivity contribution in [2.45, 2.75) is 26.3 Å². The molecule has 1 aliphatic heterocycles. The van der Waals surface area contributed by atoms with Gasteiger partial charge >= 0.3 is 0 Å². The molecule has 1 aromatic rings. The molecule has 1 N–H and O–H groups in total. The van der Waals surface area contributed by atoms with E-state index in [2.05, 4.69) is 10.3 Å². The van der Waals surface area contributed by atoms with E-state index in [9.17, 15) is 4.79 Å². The molecule has 0 fully saturated rings. The minimum Gasteiger partial charge on any atom is -0.497 e. The minimum atomic E-state index is -0.671. The Kier molecular flexibility index (Phi) is 3.11. The molecule has 4 nitrogen and oxygen atoms in total. The molecule has 18 heavy (non-hydrogen) atoms. The molecule has 1 unspecified atom stereocenters. The number of nitrogens with zero attached hydrogens (tertiary/aromatic N) is 1. The van der Waals surface area contributed by atoms with Crippen LogP contribution in [0.3, 0.4) is 0 Å². The van der Waals surface area contributed by atoms with E-state index in [4.69, 9.17) is 4.74 Å². The Morgan fingerprint density at radius 3 is 2.33 bits per heavy atom. The van der Waals surface area contributed by atoms with Crippen molar-refractivity contribution in [3.05, 3.63) is 29.8 Å². The number of amidine groups is 1. The van der Waals surface area contributed by atoms with Crippen LogP contribution in [0.25, 0.3) is 0 Å². The highest BCUT2D eigenvalue weighted by Crippen LogP contribution is 2.27. The molecule has 1 heterocycles. The maximum absolute atomic E-state index is 12.0. The van der Waals surface area contributed by atoms with Gasteiger partial charge in [-0.2, -0.15) is 0 Å². The van der Waals surface area contributed by atoms with Crippen LogP contribution in [0, 0.1) is 5.92 Å². The number of rotatable bonds is 3. The Balaban J connectivity index is 2.32. The van der Waals surface area contributed by atoms with E-state index < -0.39 is 5.54 Å². The summed E-state index contributed by atoms with van der Waals surface area (Å²) in [7, 11) is 1.62. The van der Waals surface area contributed by atoms with E-state index in [1.54, 1.807) is 7.11 Å². The lowest BCUT2D eigenvalue weighted by atomic mass is 9.89. The average molecular weight is 246 g/mol. The fourth-order valence-electron chi connectivity index (χ4n) is 1.82. The van der Waals surface area contributed by atoms with E-state index in [1.165, 1.54) is 0 Å². The van der Waals surface area contributed by atoms with Gasteiger partial charge in [-0.3, -0.25) is 9.79 Å². The zero-order valence-electron chi connectivity index (χ0n) is 11.2. The quantitative estimate of drug-likeness (QED) is 0.886. The summed E-state index contributed by atoms with van der Waals surface area (Å²) < 4.78 is 5.10. The Morgan fingerprint density at radius 2 is 1.89 bits per heavy atom. The summed E-state index contributed by atoms with van der Waals surface area (Å²) in [6.45, 7) is 5.86. The number of nitrogens with one attached hydrogen (secondary N) is 1. The van der Waals surface area contributed by atoms with Crippen molar-refractivity contribution in [1.29, 1.82) is 0 Å². The molecule has 4 heteroatoms. The van der Waals surface area contributed by atoms with Crippen LogP contribution in [0.15, 0.2) is 29.3 Å². The lowest BCUT2D eigenvalue weighted by Crippen LogP contribution is -2.41. The zero-order chi connectivity index (χ0) is 13.3. The van der Waals surface area contributed by atoms with E-state index in [1.807, 2.05) is 45.0 Å². The van der Waals surface area contributed by atoms with E-state index in [0.717, 1.165) is 11.3 Å². The second-order valence-electron chi connectivity index (χ2n) is 4.95. The standard InChI is InChI=1S/C14H18N2O2/c1-9(2)14(3)13(17)15-12(16-14)10-5-7-11(18-4)8-6-10/h5-9H,1-4H3,(H,15,16,17). The van der Waals surface area contributed by atoms with Crippen LogP contribution >= 0.6 is 0 Å². The number of ether oxygens (including phenoxy) is 1. The Bertz CT molecular complexity index is 491. The molecule has 2 rings (SSSR count). The zero-order valence-corrected chi connectivity index (χ0v) is 11.2. The van der Waals surface area contributed by atoms with Gasteiger partial charge in [0.2, 0.25) is 0 Å². The summed E-state index contributed by atoms with van der Waals surface area (Å²) in [6, 6.07) is 7.50. The number of aliphatic imine (C=N–C) groups is 1. The van der Waals surface area contributed by atoms with E-state index in [0.29, 0.717) is 5.84 Å². The fraction of sp³-hybridized carbons (Fsp3) is 0.429. The molecular formula is C14H18N2O2. The van der Waals surface area contributed by atoms with Crippen molar-refractivity contribution < 1.29 is 9.53 Å². The number of carbonyl (C=O) groups is 1. The van der Waals surface area contributed by atoms with Gasteiger partial charge in [-0.15, -0.1) is 0 Å².